The van der Waals surface area contributed by atoms with Crippen LogP contribution in [0.5, 0.6) is 0 Å². The van der Waals surface area contributed by atoms with Gasteiger partial charge in [-0.05, 0) is 59.4 Å². The number of hydrogen-bond donors (Lipinski definition) is 1. The first kappa shape index (κ1) is 17.3. The van der Waals surface area contributed by atoms with Gasteiger partial charge in [-0.1, -0.05) is 66.2 Å². The molecule has 2 aliphatic rings. The number of halogens is 1. The predicted molar refractivity (Wildman–Crippen MR) is 118 cm³/mol. The summed E-state index contributed by atoms with van der Waals surface area (Å²) >= 11 is 5.94. The average Bonchev–Trinajstić information content (AvgIpc) is 3.23. The maximum absolute atomic E-state index is 5.94. The number of anilines is 1. The van der Waals surface area contributed by atoms with Crippen LogP contribution in [-0.2, 0) is 0 Å². The van der Waals surface area contributed by atoms with E-state index in [1.807, 2.05) is 30.5 Å². The molecule has 0 radical (unpaired) electrons. The second-order valence-corrected chi connectivity index (χ2v) is 7.90. The van der Waals surface area contributed by atoms with Crippen molar-refractivity contribution >= 4 is 29.2 Å². The number of para-hydroxylation sites is 1. The fourth-order valence-corrected chi connectivity index (χ4v) is 4.47. The molecular formula is C25H21ClN2. The number of aliphatic imine (C=N–C) groups is 1. The third-order valence-corrected chi connectivity index (χ3v) is 6.01. The van der Waals surface area contributed by atoms with E-state index < -0.39 is 0 Å². The normalized spacial score (nSPS) is 22.7. The molecule has 0 saturated carbocycles. The fraction of sp³-hybridized carbons (Fsp3) is 0.160. The molecule has 1 heterocycles. The Morgan fingerprint density at radius 3 is 2.54 bits per heavy atom. The zero-order chi connectivity index (χ0) is 18.9. The largest absolute Gasteiger partial charge is 0.378 e. The molecule has 1 aliphatic heterocycles. The van der Waals surface area contributed by atoms with Crippen molar-refractivity contribution in [2.45, 2.75) is 18.4 Å². The second-order valence-electron chi connectivity index (χ2n) is 7.46. The minimum Gasteiger partial charge on any atom is -0.378 e. The summed E-state index contributed by atoms with van der Waals surface area (Å²) < 4.78 is 0. The standard InChI is InChI=1S/C25H21ClN2/c26-19-12-8-17(9-13-19)16-27-20-14-10-18(11-15-20)25-23-6-3-5-21(23)22-4-1-2-7-24(22)28-25/h1-5,7-16,21,23,25,28H,6H2/t21-,23+,25+/m1/s1. The van der Waals surface area contributed by atoms with Crippen molar-refractivity contribution in [3.05, 3.63) is 107 Å². The third-order valence-electron chi connectivity index (χ3n) is 5.76. The van der Waals surface area contributed by atoms with Crippen LogP contribution in [-0.4, -0.2) is 6.21 Å². The van der Waals surface area contributed by atoms with Crippen LogP contribution in [0, 0.1) is 5.92 Å². The SMILES string of the molecule is Clc1ccc(C=Nc2ccc([C@@H]3Nc4ccccc4[C@H]4C=CC[C@@H]43)cc2)cc1. The van der Waals surface area contributed by atoms with Gasteiger partial charge in [0.1, 0.15) is 0 Å². The summed E-state index contributed by atoms with van der Waals surface area (Å²) in [5.41, 5.74) is 5.99. The predicted octanol–water partition coefficient (Wildman–Crippen LogP) is 6.92. The van der Waals surface area contributed by atoms with Crippen LogP contribution in [0.4, 0.5) is 11.4 Å². The van der Waals surface area contributed by atoms with Crippen LogP contribution >= 0.6 is 11.6 Å². The zero-order valence-corrected chi connectivity index (χ0v) is 16.2. The van der Waals surface area contributed by atoms with E-state index in [9.17, 15) is 0 Å². The number of benzene rings is 3. The molecule has 3 aromatic carbocycles. The van der Waals surface area contributed by atoms with Gasteiger partial charge in [-0.2, -0.15) is 0 Å². The van der Waals surface area contributed by atoms with Crippen molar-refractivity contribution in [3.63, 3.8) is 0 Å². The van der Waals surface area contributed by atoms with Gasteiger partial charge < -0.3 is 5.32 Å². The lowest BCUT2D eigenvalue weighted by Crippen LogP contribution is -2.28. The molecule has 1 aliphatic carbocycles. The van der Waals surface area contributed by atoms with Crippen LogP contribution < -0.4 is 5.32 Å². The highest BCUT2D eigenvalue weighted by molar-refractivity contribution is 6.30. The number of hydrogen-bond acceptors (Lipinski definition) is 2. The van der Waals surface area contributed by atoms with Crippen molar-refractivity contribution < 1.29 is 0 Å². The molecule has 0 amide bonds. The fourth-order valence-electron chi connectivity index (χ4n) is 4.34. The Kier molecular flexibility index (Phi) is 4.50. The van der Waals surface area contributed by atoms with E-state index in [4.69, 9.17) is 11.6 Å². The molecule has 2 nitrogen and oxygen atoms in total. The summed E-state index contributed by atoms with van der Waals surface area (Å²) in [7, 11) is 0. The lowest BCUT2D eigenvalue weighted by atomic mass is 9.77. The Morgan fingerprint density at radius 1 is 0.929 bits per heavy atom. The van der Waals surface area contributed by atoms with Crippen LogP contribution in [0.15, 0.2) is 89.9 Å². The molecule has 3 heteroatoms. The molecule has 0 saturated heterocycles. The van der Waals surface area contributed by atoms with Gasteiger partial charge in [0.25, 0.3) is 0 Å². The van der Waals surface area contributed by atoms with Gasteiger partial charge in [-0.25, -0.2) is 0 Å². The van der Waals surface area contributed by atoms with Gasteiger partial charge in [-0.3, -0.25) is 4.99 Å². The van der Waals surface area contributed by atoms with Crippen LogP contribution in [0.2, 0.25) is 5.02 Å². The summed E-state index contributed by atoms with van der Waals surface area (Å²) in [5, 5.41) is 4.52. The molecule has 138 valence electrons. The zero-order valence-electron chi connectivity index (χ0n) is 15.4. The second kappa shape index (κ2) is 7.29. The van der Waals surface area contributed by atoms with E-state index in [1.165, 1.54) is 16.8 Å². The van der Waals surface area contributed by atoms with Crippen molar-refractivity contribution in [2.24, 2.45) is 10.9 Å². The summed E-state index contributed by atoms with van der Waals surface area (Å²) in [5.74, 6) is 1.07. The van der Waals surface area contributed by atoms with Crippen LogP contribution in [0.3, 0.4) is 0 Å². The summed E-state index contributed by atoms with van der Waals surface area (Å²) in [6.45, 7) is 0. The summed E-state index contributed by atoms with van der Waals surface area (Å²) in [6, 6.07) is 25.3. The van der Waals surface area contributed by atoms with Crippen molar-refractivity contribution in [3.8, 4) is 0 Å². The highest BCUT2D eigenvalue weighted by Crippen LogP contribution is 2.49. The summed E-state index contributed by atoms with van der Waals surface area (Å²) in [4.78, 5) is 4.59. The highest BCUT2D eigenvalue weighted by atomic mass is 35.5. The number of allylic oxidation sites excluding steroid dienone is 2. The van der Waals surface area contributed by atoms with E-state index in [0.717, 1.165) is 22.7 Å². The lowest BCUT2D eigenvalue weighted by Gasteiger charge is -2.37. The topological polar surface area (TPSA) is 24.4 Å². The first-order valence-electron chi connectivity index (χ1n) is 9.70. The molecule has 5 rings (SSSR count). The van der Waals surface area contributed by atoms with Gasteiger partial charge in [0, 0.05) is 22.8 Å². The molecule has 28 heavy (non-hydrogen) atoms. The Labute approximate surface area is 170 Å². The molecule has 3 atom stereocenters. The van der Waals surface area contributed by atoms with Gasteiger partial charge in [-0.15, -0.1) is 0 Å². The van der Waals surface area contributed by atoms with Gasteiger partial charge in [0.2, 0.25) is 0 Å². The Bertz CT molecular complexity index is 1030. The lowest BCUT2D eigenvalue weighted by molar-refractivity contribution is 0.425. The average molecular weight is 385 g/mol. The minimum absolute atomic E-state index is 0.323. The molecule has 0 fully saturated rings. The molecule has 0 unspecified atom stereocenters. The maximum atomic E-state index is 5.94. The van der Waals surface area contributed by atoms with E-state index in [0.29, 0.717) is 17.9 Å². The Balaban J connectivity index is 1.38. The van der Waals surface area contributed by atoms with E-state index in [-0.39, 0.29) is 0 Å². The monoisotopic (exact) mass is 384 g/mol. The highest BCUT2D eigenvalue weighted by Gasteiger charge is 2.37. The van der Waals surface area contributed by atoms with E-state index in [2.05, 4.69) is 71.0 Å². The van der Waals surface area contributed by atoms with Crippen LogP contribution in [0.25, 0.3) is 0 Å². The third kappa shape index (κ3) is 3.25. The Hall–Kier alpha value is -2.84. The number of nitrogens with one attached hydrogen (secondary N) is 1. The van der Waals surface area contributed by atoms with Gasteiger partial charge in [0.15, 0.2) is 0 Å². The smallest absolute Gasteiger partial charge is 0.0630 e. The number of fused-ring (bicyclic) bond motifs is 3. The minimum atomic E-state index is 0.323. The molecule has 1 N–H and O–H groups in total. The van der Waals surface area contributed by atoms with Crippen molar-refractivity contribution in [1.29, 1.82) is 0 Å². The van der Waals surface area contributed by atoms with E-state index in [1.54, 1.807) is 0 Å². The molecule has 0 bridgehead atoms. The van der Waals surface area contributed by atoms with Crippen LogP contribution in [0.1, 0.15) is 35.1 Å². The van der Waals surface area contributed by atoms with E-state index >= 15 is 0 Å². The molecule has 0 spiro atoms. The maximum Gasteiger partial charge on any atom is 0.0630 e. The van der Waals surface area contributed by atoms with Gasteiger partial charge in [0.05, 0.1) is 11.7 Å². The van der Waals surface area contributed by atoms with Crippen molar-refractivity contribution in [2.75, 3.05) is 5.32 Å². The summed E-state index contributed by atoms with van der Waals surface area (Å²) in [6.07, 6.45) is 7.70. The number of nitrogens with zero attached hydrogens (tertiary/aromatic N) is 1. The van der Waals surface area contributed by atoms with Crippen molar-refractivity contribution in [1.82, 2.24) is 0 Å². The first-order valence-corrected chi connectivity index (χ1v) is 10.1. The number of rotatable bonds is 3. The Morgan fingerprint density at radius 2 is 1.71 bits per heavy atom. The van der Waals surface area contributed by atoms with Gasteiger partial charge >= 0.3 is 0 Å². The quantitative estimate of drug-likeness (QED) is 0.384. The molecule has 0 aromatic heterocycles. The first-order chi connectivity index (χ1) is 13.8. The molecular weight excluding hydrogens is 364 g/mol. The molecule has 3 aromatic rings.